The summed E-state index contributed by atoms with van der Waals surface area (Å²) in [6.07, 6.45) is 0. The molecule has 0 saturated carbocycles. The number of H-pyrrole nitrogens is 1. The number of rotatable bonds is 4. The summed E-state index contributed by atoms with van der Waals surface area (Å²) in [5.74, 6) is -0.354. The number of ketones is 1. The summed E-state index contributed by atoms with van der Waals surface area (Å²) < 4.78 is 0. The molecule has 0 spiro atoms. The number of hydrogen-bond acceptors (Lipinski definition) is 6. The van der Waals surface area contributed by atoms with Crippen molar-refractivity contribution in [3.63, 3.8) is 0 Å². The van der Waals surface area contributed by atoms with E-state index in [0.29, 0.717) is 0 Å². The number of nitrogens with zero attached hydrogens (tertiary/aromatic N) is 1. The number of anilines is 3. The summed E-state index contributed by atoms with van der Waals surface area (Å²) in [6.45, 7) is -0.0520. The minimum Gasteiger partial charge on any atom is -0.391 e. The third-order valence-corrected chi connectivity index (χ3v) is 1.87. The fraction of sp³-hybridized carbons (Fsp3) is 0.286. The van der Waals surface area contributed by atoms with Gasteiger partial charge in [0.1, 0.15) is 5.69 Å². The van der Waals surface area contributed by atoms with Crippen molar-refractivity contribution in [2.24, 2.45) is 0 Å². The lowest BCUT2D eigenvalue weighted by Crippen LogP contribution is -2.22. The van der Waals surface area contributed by atoms with Crippen LogP contribution in [-0.4, -0.2) is 28.2 Å². The maximum Gasteiger partial charge on any atom is 0.277 e. The summed E-state index contributed by atoms with van der Waals surface area (Å²) >= 11 is 5.29. The first-order chi connectivity index (χ1) is 7.04. The number of aromatic amines is 1. The lowest BCUT2D eigenvalue weighted by molar-refractivity contribution is -0.115. The fourth-order valence-electron chi connectivity index (χ4n) is 0.864. The summed E-state index contributed by atoms with van der Waals surface area (Å²) in [5.41, 5.74) is 10.0. The molecule has 0 fully saturated rings. The van der Waals surface area contributed by atoms with E-state index in [4.69, 9.17) is 23.1 Å². The van der Waals surface area contributed by atoms with Crippen LogP contribution in [0.2, 0.25) is 0 Å². The smallest absolute Gasteiger partial charge is 0.277 e. The first kappa shape index (κ1) is 11.3. The molecule has 1 heterocycles. The normalized spacial score (nSPS) is 9.93. The molecule has 1 rings (SSSR count). The van der Waals surface area contributed by atoms with Gasteiger partial charge in [-0.15, -0.1) is 11.6 Å². The standard InChI is InChI=1S/C7H10ClN5O2/c8-1-3(14)2-11-5-4(9)6(15)13-7(10)12-5/h1-2,9H2,(H4,10,11,12,13,15). The Balaban J connectivity index is 2.85. The van der Waals surface area contributed by atoms with Gasteiger partial charge < -0.3 is 16.8 Å². The van der Waals surface area contributed by atoms with E-state index in [-0.39, 0.29) is 35.7 Å². The molecular weight excluding hydrogens is 222 g/mol. The predicted octanol–water partition coefficient (Wildman–Crippen LogP) is -0.846. The van der Waals surface area contributed by atoms with Gasteiger partial charge in [-0.25, -0.2) is 0 Å². The molecule has 1 aromatic heterocycles. The molecule has 0 unspecified atom stereocenters. The Morgan fingerprint density at radius 2 is 2.20 bits per heavy atom. The average Bonchev–Trinajstić information content (AvgIpc) is 2.20. The molecule has 0 aliphatic carbocycles. The monoisotopic (exact) mass is 231 g/mol. The Bertz CT molecular complexity index is 430. The topological polar surface area (TPSA) is 127 Å². The zero-order valence-corrected chi connectivity index (χ0v) is 8.47. The Labute approximate surface area is 89.8 Å². The van der Waals surface area contributed by atoms with Crippen molar-refractivity contribution in [2.45, 2.75) is 0 Å². The molecule has 82 valence electrons. The zero-order chi connectivity index (χ0) is 11.4. The highest BCUT2D eigenvalue weighted by Crippen LogP contribution is 2.09. The minimum atomic E-state index is -0.552. The molecule has 8 heteroatoms. The van der Waals surface area contributed by atoms with Gasteiger partial charge in [0.2, 0.25) is 5.95 Å². The Morgan fingerprint density at radius 3 is 2.80 bits per heavy atom. The molecule has 1 aromatic rings. The van der Waals surface area contributed by atoms with Crippen molar-refractivity contribution in [1.82, 2.24) is 9.97 Å². The average molecular weight is 232 g/mol. The van der Waals surface area contributed by atoms with Crippen molar-refractivity contribution < 1.29 is 4.79 Å². The fourth-order valence-corrected chi connectivity index (χ4v) is 0.959. The molecule has 0 radical (unpaired) electrons. The second kappa shape index (κ2) is 4.65. The van der Waals surface area contributed by atoms with Crippen LogP contribution in [0.5, 0.6) is 0 Å². The zero-order valence-electron chi connectivity index (χ0n) is 7.71. The van der Waals surface area contributed by atoms with E-state index >= 15 is 0 Å². The van der Waals surface area contributed by atoms with Crippen LogP contribution in [0, 0.1) is 0 Å². The molecule has 0 saturated heterocycles. The van der Waals surface area contributed by atoms with E-state index in [1.165, 1.54) is 0 Å². The van der Waals surface area contributed by atoms with Crippen LogP contribution < -0.4 is 22.3 Å². The number of nitrogen functional groups attached to an aromatic ring is 2. The van der Waals surface area contributed by atoms with Crippen LogP contribution in [0.1, 0.15) is 0 Å². The van der Waals surface area contributed by atoms with Gasteiger partial charge in [-0.2, -0.15) is 4.98 Å². The van der Waals surface area contributed by atoms with Gasteiger partial charge in [-0.3, -0.25) is 14.6 Å². The van der Waals surface area contributed by atoms with Crippen LogP contribution >= 0.6 is 11.6 Å². The Morgan fingerprint density at radius 1 is 1.53 bits per heavy atom. The van der Waals surface area contributed by atoms with Gasteiger partial charge in [0.25, 0.3) is 5.56 Å². The summed E-state index contributed by atoms with van der Waals surface area (Å²) in [5, 5.41) is 2.58. The molecule has 0 aliphatic rings. The molecule has 0 amide bonds. The predicted molar refractivity (Wildman–Crippen MR) is 57.9 cm³/mol. The van der Waals surface area contributed by atoms with Crippen molar-refractivity contribution in [3.05, 3.63) is 10.4 Å². The highest BCUT2D eigenvalue weighted by atomic mass is 35.5. The highest BCUT2D eigenvalue weighted by molar-refractivity contribution is 6.28. The summed E-state index contributed by atoms with van der Waals surface area (Å²) in [6, 6.07) is 0. The van der Waals surface area contributed by atoms with Gasteiger partial charge in [-0.1, -0.05) is 0 Å². The third kappa shape index (κ3) is 2.84. The molecule has 15 heavy (non-hydrogen) atoms. The van der Waals surface area contributed by atoms with Crippen LogP contribution in [0.25, 0.3) is 0 Å². The van der Waals surface area contributed by atoms with Crippen molar-refractivity contribution in [2.75, 3.05) is 29.2 Å². The number of hydrogen-bond donors (Lipinski definition) is 4. The molecule has 0 aliphatic heterocycles. The van der Waals surface area contributed by atoms with E-state index in [9.17, 15) is 9.59 Å². The molecule has 0 bridgehead atoms. The third-order valence-electron chi connectivity index (χ3n) is 1.58. The van der Waals surface area contributed by atoms with Crippen molar-refractivity contribution in [1.29, 1.82) is 0 Å². The lowest BCUT2D eigenvalue weighted by atomic mass is 10.4. The number of carbonyl (C=O) groups excluding carboxylic acids is 1. The van der Waals surface area contributed by atoms with Crippen LogP contribution in [0.15, 0.2) is 4.79 Å². The lowest BCUT2D eigenvalue weighted by Gasteiger charge is -2.06. The highest BCUT2D eigenvalue weighted by Gasteiger charge is 2.07. The first-order valence-electron chi connectivity index (χ1n) is 4.01. The Kier molecular flexibility index (Phi) is 3.51. The number of nitrogens with two attached hydrogens (primary N) is 2. The van der Waals surface area contributed by atoms with Gasteiger partial charge in [0, 0.05) is 0 Å². The molecule has 0 aromatic carbocycles. The molecule has 6 N–H and O–H groups in total. The van der Waals surface area contributed by atoms with E-state index in [1.54, 1.807) is 0 Å². The van der Waals surface area contributed by atoms with E-state index < -0.39 is 5.56 Å². The van der Waals surface area contributed by atoms with Crippen LogP contribution in [-0.2, 0) is 4.79 Å². The van der Waals surface area contributed by atoms with Gasteiger partial charge in [0.15, 0.2) is 11.6 Å². The second-order valence-electron chi connectivity index (χ2n) is 2.74. The maximum absolute atomic E-state index is 11.1. The molecular formula is C7H10ClN5O2. The van der Waals surface area contributed by atoms with E-state index in [0.717, 1.165) is 0 Å². The number of alkyl halides is 1. The van der Waals surface area contributed by atoms with Crippen LogP contribution in [0.3, 0.4) is 0 Å². The number of halogens is 1. The van der Waals surface area contributed by atoms with Gasteiger partial charge in [0.05, 0.1) is 12.4 Å². The minimum absolute atomic E-state index is 0.0520. The van der Waals surface area contributed by atoms with Crippen molar-refractivity contribution in [3.8, 4) is 0 Å². The summed E-state index contributed by atoms with van der Waals surface area (Å²) in [4.78, 5) is 28.0. The van der Waals surface area contributed by atoms with Gasteiger partial charge in [-0.05, 0) is 0 Å². The number of carbonyl (C=O) groups is 1. The molecule has 0 atom stereocenters. The Hall–Kier alpha value is -1.76. The SMILES string of the molecule is Nc1nc(NCC(=O)CCl)c(N)c(=O)[nH]1. The largest absolute Gasteiger partial charge is 0.391 e. The summed E-state index contributed by atoms with van der Waals surface area (Å²) in [7, 11) is 0. The number of nitrogens with one attached hydrogen (secondary N) is 2. The number of aromatic nitrogens is 2. The van der Waals surface area contributed by atoms with Crippen molar-refractivity contribution >= 4 is 34.8 Å². The number of Topliss-reactive ketones (excluding diaryl/α,β-unsaturated/α-hetero) is 1. The maximum atomic E-state index is 11.1. The van der Waals surface area contributed by atoms with Gasteiger partial charge >= 0.3 is 0 Å². The second-order valence-corrected chi connectivity index (χ2v) is 3.01. The molecule has 7 nitrogen and oxygen atoms in total. The first-order valence-corrected chi connectivity index (χ1v) is 4.55. The van der Waals surface area contributed by atoms with E-state index in [2.05, 4.69) is 15.3 Å². The van der Waals surface area contributed by atoms with Crippen LogP contribution in [0.4, 0.5) is 17.5 Å². The quantitative estimate of drug-likeness (QED) is 0.500. The van der Waals surface area contributed by atoms with E-state index in [1.807, 2.05) is 0 Å².